The minimum Gasteiger partial charge on any atom is -0.545 e. The molecule has 0 saturated carbocycles. The van der Waals surface area contributed by atoms with E-state index in [-0.39, 0.29) is 6.54 Å². The molecule has 0 bridgehead atoms. The molecule has 128 valence electrons. The zero-order valence-corrected chi connectivity index (χ0v) is 14.1. The standard InChI is InChI=1S/C17H18FNO4S/c1-11(2)13-5-3-12(4-6-13)10-19-24(22,23)16-9-14(17(20)21)7-8-15(16)18/h3-9,11,19H,10H2,1-2H3,(H,20,21)/p-1. The van der Waals surface area contributed by atoms with Crippen LogP contribution in [0.3, 0.4) is 0 Å². The van der Waals surface area contributed by atoms with Gasteiger partial charge in [0.05, 0.1) is 5.97 Å². The zero-order chi connectivity index (χ0) is 17.9. The van der Waals surface area contributed by atoms with Crippen LogP contribution in [0.4, 0.5) is 4.39 Å². The van der Waals surface area contributed by atoms with Gasteiger partial charge in [0.2, 0.25) is 10.0 Å². The first kappa shape index (κ1) is 18.1. The molecule has 0 amide bonds. The molecule has 1 N–H and O–H groups in total. The first-order valence-corrected chi connectivity index (χ1v) is 8.78. The van der Waals surface area contributed by atoms with Gasteiger partial charge in [-0.2, -0.15) is 0 Å². The quantitative estimate of drug-likeness (QED) is 0.860. The van der Waals surface area contributed by atoms with E-state index in [0.29, 0.717) is 11.5 Å². The van der Waals surface area contributed by atoms with Crippen molar-refractivity contribution in [1.82, 2.24) is 4.72 Å². The smallest absolute Gasteiger partial charge is 0.243 e. The van der Waals surface area contributed by atoms with Gasteiger partial charge in [-0.05, 0) is 34.7 Å². The van der Waals surface area contributed by atoms with E-state index in [2.05, 4.69) is 4.72 Å². The molecule has 2 rings (SSSR count). The van der Waals surface area contributed by atoms with Gasteiger partial charge in [0.15, 0.2) is 0 Å². The largest absolute Gasteiger partial charge is 0.545 e. The second-order valence-corrected chi connectivity index (χ2v) is 7.39. The number of sulfonamides is 1. The van der Waals surface area contributed by atoms with E-state index in [1.54, 1.807) is 12.1 Å². The Hall–Kier alpha value is -2.25. The van der Waals surface area contributed by atoms with Gasteiger partial charge in [-0.25, -0.2) is 17.5 Å². The maximum Gasteiger partial charge on any atom is 0.243 e. The first-order valence-electron chi connectivity index (χ1n) is 7.30. The molecule has 0 heterocycles. The summed E-state index contributed by atoms with van der Waals surface area (Å²) in [6.07, 6.45) is 0. The summed E-state index contributed by atoms with van der Waals surface area (Å²) in [6.45, 7) is 4.06. The SMILES string of the molecule is CC(C)c1ccc(CNS(=O)(=O)c2cc(C(=O)[O-])ccc2F)cc1. The Morgan fingerprint density at radius 3 is 2.33 bits per heavy atom. The fourth-order valence-electron chi connectivity index (χ4n) is 2.11. The summed E-state index contributed by atoms with van der Waals surface area (Å²) in [6, 6.07) is 9.84. The highest BCUT2D eigenvalue weighted by molar-refractivity contribution is 7.89. The van der Waals surface area contributed by atoms with Gasteiger partial charge in [0.1, 0.15) is 10.7 Å². The van der Waals surface area contributed by atoms with Crippen LogP contribution in [0.15, 0.2) is 47.4 Å². The number of aromatic carboxylic acids is 1. The lowest BCUT2D eigenvalue weighted by Gasteiger charge is -2.11. The van der Waals surface area contributed by atoms with Crippen molar-refractivity contribution >= 4 is 16.0 Å². The summed E-state index contributed by atoms with van der Waals surface area (Å²) in [4.78, 5) is 10.1. The van der Waals surface area contributed by atoms with Crippen LogP contribution in [0.25, 0.3) is 0 Å². The van der Waals surface area contributed by atoms with Gasteiger partial charge in [0, 0.05) is 6.54 Å². The minimum atomic E-state index is -4.19. The first-order chi connectivity index (χ1) is 11.2. The molecule has 0 spiro atoms. The van der Waals surface area contributed by atoms with Crippen molar-refractivity contribution in [2.45, 2.75) is 31.2 Å². The number of carbonyl (C=O) groups excluding carboxylic acids is 1. The van der Waals surface area contributed by atoms with Gasteiger partial charge in [-0.1, -0.05) is 44.2 Å². The van der Waals surface area contributed by atoms with Crippen LogP contribution >= 0.6 is 0 Å². The third-order valence-electron chi connectivity index (χ3n) is 3.57. The molecule has 24 heavy (non-hydrogen) atoms. The maximum atomic E-state index is 13.8. The monoisotopic (exact) mass is 350 g/mol. The van der Waals surface area contributed by atoms with Crippen molar-refractivity contribution in [2.75, 3.05) is 0 Å². The molecule has 2 aromatic rings. The third-order valence-corrected chi connectivity index (χ3v) is 4.99. The topological polar surface area (TPSA) is 86.3 Å². The number of hydrogen-bond donors (Lipinski definition) is 1. The number of nitrogens with one attached hydrogen (secondary N) is 1. The van der Waals surface area contributed by atoms with E-state index in [0.717, 1.165) is 23.8 Å². The molecule has 5 nitrogen and oxygen atoms in total. The summed E-state index contributed by atoms with van der Waals surface area (Å²) in [5, 5.41) is 10.8. The average Bonchev–Trinajstić information content (AvgIpc) is 2.53. The van der Waals surface area contributed by atoms with Crippen molar-refractivity contribution < 1.29 is 22.7 Å². The van der Waals surface area contributed by atoms with Crippen molar-refractivity contribution in [3.8, 4) is 0 Å². The molecule has 0 aliphatic carbocycles. The van der Waals surface area contributed by atoms with E-state index in [1.807, 2.05) is 26.0 Å². The number of benzene rings is 2. The molecule has 2 aromatic carbocycles. The predicted molar refractivity (Wildman–Crippen MR) is 85.3 cm³/mol. The van der Waals surface area contributed by atoms with E-state index in [1.165, 1.54) is 0 Å². The number of carboxylic acids is 1. The van der Waals surface area contributed by atoms with Crippen LogP contribution < -0.4 is 9.83 Å². The average molecular weight is 350 g/mol. The molecule has 0 fully saturated rings. The molecule has 0 aliphatic rings. The molecule has 7 heteroatoms. The Balaban J connectivity index is 2.19. The second kappa shape index (κ2) is 7.11. The molecule has 0 saturated heterocycles. The van der Waals surface area contributed by atoms with Crippen molar-refractivity contribution in [3.05, 3.63) is 65.0 Å². The van der Waals surface area contributed by atoms with E-state index < -0.39 is 32.3 Å². The lowest BCUT2D eigenvalue weighted by molar-refractivity contribution is -0.255. The third kappa shape index (κ3) is 4.18. The van der Waals surface area contributed by atoms with Crippen LogP contribution in [0.2, 0.25) is 0 Å². The number of rotatable bonds is 6. The fourth-order valence-corrected chi connectivity index (χ4v) is 3.23. The summed E-state index contributed by atoms with van der Waals surface area (Å²) in [5.74, 6) is -2.24. The number of carbonyl (C=O) groups is 1. The molecule has 0 radical (unpaired) electrons. The van der Waals surface area contributed by atoms with Gasteiger partial charge in [0.25, 0.3) is 0 Å². The lowest BCUT2D eigenvalue weighted by atomic mass is 10.0. The van der Waals surface area contributed by atoms with Gasteiger partial charge >= 0.3 is 0 Å². The van der Waals surface area contributed by atoms with Crippen LogP contribution in [0.5, 0.6) is 0 Å². The van der Waals surface area contributed by atoms with Gasteiger partial charge < -0.3 is 9.90 Å². The van der Waals surface area contributed by atoms with Crippen molar-refractivity contribution in [2.24, 2.45) is 0 Å². The molecule has 0 unspecified atom stereocenters. The molecule has 0 atom stereocenters. The summed E-state index contributed by atoms with van der Waals surface area (Å²) >= 11 is 0. The van der Waals surface area contributed by atoms with Gasteiger partial charge in [-0.15, -0.1) is 0 Å². The Morgan fingerprint density at radius 2 is 1.79 bits per heavy atom. The summed E-state index contributed by atoms with van der Waals surface area (Å²) in [7, 11) is -4.19. The normalized spacial score (nSPS) is 11.7. The highest BCUT2D eigenvalue weighted by atomic mass is 32.2. The summed E-state index contributed by atoms with van der Waals surface area (Å²) < 4.78 is 40.5. The minimum absolute atomic E-state index is 0.0320. The van der Waals surface area contributed by atoms with Crippen LogP contribution in [0.1, 0.15) is 41.3 Å². The predicted octanol–water partition coefficient (Wildman–Crippen LogP) is 1.79. The number of hydrogen-bond acceptors (Lipinski definition) is 4. The van der Waals surface area contributed by atoms with Crippen LogP contribution in [-0.2, 0) is 16.6 Å². The van der Waals surface area contributed by atoms with Crippen molar-refractivity contribution in [1.29, 1.82) is 0 Å². The number of carboxylic acid groups (broad SMARTS) is 1. The van der Waals surface area contributed by atoms with Crippen LogP contribution in [-0.4, -0.2) is 14.4 Å². The Kier molecular flexibility index (Phi) is 5.36. The summed E-state index contributed by atoms with van der Waals surface area (Å²) in [5.41, 5.74) is 1.42. The maximum absolute atomic E-state index is 13.8. The zero-order valence-electron chi connectivity index (χ0n) is 13.2. The van der Waals surface area contributed by atoms with E-state index in [9.17, 15) is 22.7 Å². The Morgan fingerprint density at radius 1 is 1.17 bits per heavy atom. The van der Waals surface area contributed by atoms with Crippen LogP contribution in [0, 0.1) is 5.82 Å². The number of halogens is 1. The highest BCUT2D eigenvalue weighted by Gasteiger charge is 2.19. The Labute approximate surface area is 140 Å². The molecule has 0 aliphatic heterocycles. The fraction of sp³-hybridized carbons (Fsp3) is 0.235. The van der Waals surface area contributed by atoms with Crippen molar-refractivity contribution in [3.63, 3.8) is 0 Å². The molecular formula is C17H17FNO4S-. The lowest BCUT2D eigenvalue weighted by Crippen LogP contribution is -2.26. The molecule has 0 aromatic heterocycles. The second-order valence-electron chi connectivity index (χ2n) is 5.65. The Bertz CT molecular complexity index is 845. The van der Waals surface area contributed by atoms with E-state index >= 15 is 0 Å². The van der Waals surface area contributed by atoms with Gasteiger partial charge in [-0.3, -0.25) is 0 Å². The highest BCUT2D eigenvalue weighted by Crippen LogP contribution is 2.18. The molecular weight excluding hydrogens is 333 g/mol. The van der Waals surface area contributed by atoms with E-state index in [4.69, 9.17) is 0 Å².